The first-order valence-corrected chi connectivity index (χ1v) is 9.53. The molecule has 0 unspecified atom stereocenters. The summed E-state index contributed by atoms with van der Waals surface area (Å²) < 4.78 is 12.0. The van der Waals surface area contributed by atoms with E-state index >= 15 is 0 Å². The van der Waals surface area contributed by atoms with Gasteiger partial charge in [-0.3, -0.25) is 13.9 Å². The number of methoxy groups -OCH3 is 1. The quantitative estimate of drug-likeness (QED) is 0.487. The third-order valence-electron chi connectivity index (χ3n) is 4.15. The molecule has 3 aromatic heterocycles. The van der Waals surface area contributed by atoms with Crippen molar-refractivity contribution < 1.29 is 19.1 Å². The maximum absolute atomic E-state index is 12.8. The summed E-state index contributed by atoms with van der Waals surface area (Å²) in [7, 11) is 1.26. The molecule has 0 amide bonds. The van der Waals surface area contributed by atoms with Crippen LogP contribution in [0.2, 0.25) is 0 Å². The molecule has 3 heterocycles. The second-order valence-electron chi connectivity index (χ2n) is 6.34. The van der Waals surface area contributed by atoms with Crippen LogP contribution in [0.25, 0.3) is 0 Å². The lowest BCUT2D eigenvalue weighted by molar-refractivity contribution is 0.0602. The zero-order chi connectivity index (χ0) is 21.1. The smallest absolute Gasteiger partial charge is 0.340 e. The first kappa shape index (κ1) is 20.3. The van der Waals surface area contributed by atoms with Crippen molar-refractivity contribution in [2.45, 2.75) is 26.4 Å². The number of ether oxygens (including phenoxy) is 1. The maximum atomic E-state index is 12.8. The average Bonchev–Trinajstić information content (AvgIpc) is 3.36. The number of rotatable bonds is 6. The van der Waals surface area contributed by atoms with E-state index in [2.05, 4.69) is 4.99 Å². The molecule has 1 N–H and O–H groups in total. The van der Waals surface area contributed by atoms with E-state index in [0.29, 0.717) is 10.8 Å². The molecule has 0 saturated heterocycles. The largest absolute Gasteiger partial charge is 0.494 e. The number of nitrogens with zero attached hydrogens (tertiary/aromatic N) is 3. The van der Waals surface area contributed by atoms with Crippen LogP contribution in [-0.2, 0) is 11.3 Å². The van der Waals surface area contributed by atoms with Crippen LogP contribution in [0.4, 0.5) is 5.00 Å². The van der Waals surface area contributed by atoms with E-state index in [-0.39, 0.29) is 17.7 Å². The summed E-state index contributed by atoms with van der Waals surface area (Å²) in [6.07, 6.45) is 2.59. The molecule has 152 valence electrons. The number of carbonyl (C=O) groups excluding carboxylic acids is 1. The van der Waals surface area contributed by atoms with E-state index in [4.69, 9.17) is 9.15 Å². The summed E-state index contributed by atoms with van der Waals surface area (Å²) in [6.45, 7) is 3.32. The van der Waals surface area contributed by atoms with Gasteiger partial charge in [-0.05, 0) is 37.4 Å². The van der Waals surface area contributed by atoms with Gasteiger partial charge in [0.05, 0.1) is 25.5 Å². The fourth-order valence-corrected chi connectivity index (χ4v) is 3.46. The summed E-state index contributed by atoms with van der Waals surface area (Å²) in [4.78, 5) is 41.6. The Labute approximate surface area is 169 Å². The third kappa shape index (κ3) is 3.92. The number of aromatic nitrogens is 2. The minimum absolute atomic E-state index is 0.0576. The minimum atomic E-state index is -0.682. The predicted octanol–water partition coefficient (Wildman–Crippen LogP) is 2.54. The Morgan fingerprint density at radius 3 is 2.76 bits per heavy atom. The second kappa shape index (κ2) is 8.31. The van der Waals surface area contributed by atoms with E-state index < -0.39 is 29.1 Å². The molecule has 0 aliphatic rings. The molecular weight excluding hydrogens is 398 g/mol. The maximum Gasteiger partial charge on any atom is 0.340 e. The van der Waals surface area contributed by atoms with Gasteiger partial charge in [-0.2, -0.15) is 0 Å². The van der Waals surface area contributed by atoms with Crippen LogP contribution < -0.4 is 11.2 Å². The van der Waals surface area contributed by atoms with Gasteiger partial charge in [0, 0.05) is 12.3 Å². The number of aromatic hydroxyl groups is 1. The number of hydrogen-bond donors (Lipinski definition) is 1. The molecule has 9 nitrogen and oxygen atoms in total. The lowest BCUT2D eigenvalue weighted by Gasteiger charge is -2.15. The van der Waals surface area contributed by atoms with Crippen molar-refractivity contribution >= 4 is 28.5 Å². The average molecular weight is 417 g/mol. The summed E-state index contributed by atoms with van der Waals surface area (Å²) in [6, 6.07) is 4.41. The molecule has 0 aromatic carbocycles. The predicted molar refractivity (Wildman–Crippen MR) is 108 cm³/mol. The number of thiophene rings is 1. The SMILES string of the molecule is COC(=O)c1ccsc1/N=C/c1c(O)n(Cc2ccco2)c(=O)n(C(C)C)c1=O. The van der Waals surface area contributed by atoms with Crippen LogP contribution in [0.1, 0.15) is 41.6 Å². The Kier molecular flexibility index (Phi) is 5.83. The van der Waals surface area contributed by atoms with Gasteiger partial charge in [-0.15, -0.1) is 11.3 Å². The van der Waals surface area contributed by atoms with E-state index in [1.807, 2.05) is 0 Å². The molecule has 0 fully saturated rings. The summed E-state index contributed by atoms with van der Waals surface area (Å²) in [5.74, 6) is -0.663. The molecule has 0 aliphatic carbocycles. The van der Waals surface area contributed by atoms with Crippen LogP contribution in [0, 0.1) is 0 Å². The zero-order valence-electron chi connectivity index (χ0n) is 16.0. The standard InChI is InChI=1S/C19H19N3O6S/c1-11(2)22-17(24)14(9-20-15-13(6-8-29-15)18(25)27-3)16(23)21(19(22)26)10-12-5-4-7-28-12/h4-9,11,23H,10H2,1-3H3/b20-9+. The van der Waals surface area contributed by atoms with Crippen LogP contribution >= 0.6 is 11.3 Å². The Balaban J connectivity index is 2.15. The van der Waals surface area contributed by atoms with Gasteiger partial charge in [0.15, 0.2) is 0 Å². The van der Waals surface area contributed by atoms with Crippen molar-refractivity contribution in [3.8, 4) is 5.88 Å². The zero-order valence-corrected chi connectivity index (χ0v) is 16.8. The summed E-state index contributed by atoms with van der Waals surface area (Å²) >= 11 is 1.17. The van der Waals surface area contributed by atoms with Gasteiger partial charge >= 0.3 is 11.7 Å². The van der Waals surface area contributed by atoms with E-state index in [9.17, 15) is 19.5 Å². The number of esters is 1. The fourth-order valence-electron chi connectivity index (χ4n) is 2.74. The van der Waals surface area contributed by atoms with Gasteiger partial charge in [0.1, 0.15) is 16.3 Å². The Bertz CT molecular complexity index is 1170. The first-order valence-electron chi connectivity index (χ1n) is 8.65. The Hall–Kier alpha value is -3.40. The van der Waals surface area contributed by atoms with Crippen molar-refractivity contribution in [2.24, 2.45) is 4.99 Å². The molecule has 0 bridgehead atoms. The summed E-state index contributed by atoms with van der Waals surface area (Å²) in [5, 5.41) is 12.6. The van der Waals surface area contributed by atoms with Crippen molar-refractivity contribution in [2.75, 3.05) is 7.11 Å². The van der Waals surface area contributed by atoms with Crippen molar-refractivity contribution in [1.82, 2.24) is 9.13 Å². The molecule has 0 atom stereocenters. The van der Waals surface area contributed by atoms with Crippen LogP contribution in [0.3, 0.4) is 0 Å². The minimum Gasteiger partial charge on any atom is -0.494 e. The van der Waals surface area contributed by atoms with Gasteiger partial charge in [-0.1, -0.05) is 0 Å². The number of carbonyl (C=O) groups is 1. The number of furan rings is 1. The molecule has 3 aromatic rings. The summed E-state index contributed by atoms with van der Waals surface area (Å²) in [5.41, 5.74) is -1.28. The van der Waals surface area contributed by atoms with Crippen LogP contribution in [-0.4, -0.2) is 33.5 Å². The molecule has 0 spiro atoms. The topological polar surface area (TPSA) is 116 Å². The van der Waals surface area contributed by atoms with E-state index in [0.717, 1.165) is 15.3 Å². The Morgan fingerprint density at radius 1 is 1.38 bits per heavy atom. The number of aliphatic imine (C=N–C) groups is 1. The monoisotopic (exact) mass is 417 g/mol. The highest BCUT2D eigenvalue weighted by Crippen LogP contribution is 2.27. The van der Waals surface area contributed by atoms with Crippen molar-refractivity contribution in [3.05, 3.63) is 67.6 Å². The molecule has 10 heteroatoms. The van der Waals surface area contributed by atoms with Gasteiger partial charge in [-0.25, -0.2) is 14.6 Å². The van der Waals surface area contributed by atoms with E-state index in [1.54, 1.807) is 37.4 Å². The van der Waals surface area contributed by atoms with Gasteiger partial charge in [0.2, 0.25) is 5.88 Å². The molecule has 0 radical (unpaired) electrons. The van der Waals surface area contributed by atoms with Gasteiger partial charge < -0.3 is 14.3 Å². The normalized spacial score (nSPS) is 11.4. The van der Waals surface area contributed by atoms with E-state index in [1.165, 1.54) is 24.7 Å². The molecule has 3 rings (SSSR count). The third-order valence-corrected chi connectivity index (χ3v) is 4.97. The first-order chi connectivity index (χ1) is 13.8. The molecular formula is C19H19N3O6S. The van der Waals surface area contributed by atoms with Crippen LogP contribution in [0.15, 0.2) is 48.8 Å². The lowest BCUT2D eigenvalue weighted by Crippen LogP contribution is -2.42. The number of hydrogen-bond acceptors (Lipinski definition) is 8. The molecule has 29 heavy (non-hydrogen) atoms. The second-order valence-corrected chi connectivity index (χ2v) is 7.24. The van der Waals surface area contributed by atoms with Gasteiger partial charge in [0.25, 0.3) is 5.56 Å². The fraction of sp³-hybridized carbons (Fsp3) is 0.263. The highest BCUT2D eigenvalue weighted by molar-refractivity contribution is 7.14. The van der Waals surface area contributed by atoms with Crippen molar-refractivity contribution in [1.29, 1.82) is 0 Å². The highest BCUT2D eigenvalue weighted by Gasteiger charge is 2.20. The van der Waals surface area contributed by atoms with Crippen molar-refractivity contribution in [3.63, 3.8) is 0 Å². The molecule has 0 saturated carbocycles. The molecule has 0 aliphatic heterocycles. The Morgan fingerprint density at radius 2 is 2.14 bits per heavy atom. The highest BCUT2D eigenvalue weighted by atomic mass is 32.1. The lowest BCUT2D eigenvalue weighted by atomic mass is 10.3. The van der Waals surface area contributed by atoms with Crippen LogP contribution in [0.5, 0.6) is 5.88 Å².